The second-order valence-corrected chi connectivity index (χ2v) is 6.12. The van der Waals surface area contributed by atoms with Crippen molar-refractivity contribution in [1.82, 2.24) is 15.3 Å². The molecule has 0 saturated carbocycles. The summed E-state index contributed by atoms with van der Waals surface area (Å²) in [6, 6.07) is 7.55. The minimum atomic E-state index is -0.381. The van der Waals surface area contributed by atoms with Gasteiger partial charge in [-0.2, -0.15) is 0 Å². The monoisotopic (exact) mass is 406 g/mol. The second kappa shape index (κ2) is 7.39. The Morgan fingerprint density at radius 3 is 2.76 bits per heavy atom. The number of H-pyrrole nitrogens is 1. The fourth-order valence-corrected chi connectivity index (χ4v) is 2.72. The highest BCUT2D eigenvalue weighted by Crippen LogP contribution is 2.19. The fraction of sp³-hybridized carbons (Fsp3) is 0.125. The molecule has 9 heteroatoms. The molecule has 0 amide bonds. The van der Waals surface area contributed by atoms with Gasteiger partial charge < -0.3 is 10.2 Å². The van der Waals surface area contributed by atoms with Gasteiger partial charge in [-0.05, 0) is 44.3 Å². The number of rotatable bonds is 5. The van der Waals surface area contributed by atoms with Crippen molar-refractivity contribution < 1.29 is 14.2 Å². The van der Waals surface area contributed by atoms with Crippen LogP contribution in [0.5, 0.6) is 0 Å². The van der Waals surface area contributed by atoms with Gasteiger partial charge in [-0.25, -0.2) is 9.02 Å². The zero-order valence-electron chi connectivity index (χ0n) is 12.7. The van der Waals surface area contributed by atoms with Crippen molar-refractivity contribution in [2.45, 2.75) is 12.8 Å². The highest BCUT2D eigenvalue weighted by atomic mass is 79.9. The first-order valence-electron chi connectivity index (χ1n) is 7.21. The molecule has 0 radical (unpaired) electrons. The van der Waals surface area contributed by atoms with Crippen molar-refractivity contribution in [2.24, 2.45) is 5.16 Å². The predicted molar refractivity (Wildman–Crippen MR) is 90.3 cm³/mol. The van der Waals surface area contributed by atoms with E-state index < -0.39 is 0 Å². The quantitative estimate of drug-likeness (QED) is 0.385. The molecular weight excluding hydrogens is 395 g/mol. The molecular formula is C16H12BrFN4O3. The largest absolute Gasteiger partial charge is 0.411 e. The summed E-state index contributed by atoms with van der Waals surface area (Å²) in [5.74, 6) is -0.381. The van der Waals surface area contributed by atoms with E-state index in [4.69, 9.17) is 4.63 Å². The van der Waals surface area contributed by atoms with E-state index >= 15 is 0 Å². The molecule has 0 spiro atoms. The third kappa shape index (κ3) is 4.00. The van der Waals surface area contributed by atoms with E-state index in [9.17, 15) is 14.4 Å². The number of hydrogen-bond acceptors (Lipinski definition) is 6. The Kier molecular flexibility index (Phi) is 5.03. The highest BCUT2D eigenvalue weighted by molar-refractivity contribution is 9.10. The summed E-state index contributed by atoms with van der Waals surface area (Å²) in [6.45, 7) is 0. The molecule has 0 aliphatic heterocycles. The molecule has 0 saturated heterocycles. The second-order valence-electron chi connectivity index (χ2n) is 5.27. The highest BCUT2D eigenvalue weighted by Gasteiger charge is 2.18. The molecule has 0 unspecified atom stereocenters. The summed E-state index contributed by atoms with van der Waals surface area (Å²) >= 11 is 3.12. The maximum Gasteiger partial charge on any atom is 0.247 e. The predicted octanol–water partition coefficient (Wildman–Crippen LogP) is 2.67. The van der Waals surface area contributed by atoms with E-state index in [0.29, 0.717) is 22.3 Å². The summed E-state index contributed by atoms with van der Waals surface area (Å²) in [5, 5.41) is 20.3. The number of halogens is 2. The summed E-state index contributed by atoms with van der Waals surface area (Å²) in [7, 11) is 0. The minimum absolute atomic E-state index is 0.207. The van der Waals surface area contributed by atoms with Crippen LogP contribution in [0.25, 0.3) is 0 Å². The van der Waals surface area contributed by atoms with E-state index in [-0.39, 0.29) is 23.5 Å². The summed E-state index contributed by atoms with van der Waals surface area (Å²) < 4.78 is 18.4. The Hall–Kier alpha value is -2.81. The van der Waals surface area contributed by atoms with Crippen molar-refractivity contribution in [3.63, 3.8) is 0 Å². The number of nitrogens with zero attached hydrogens (tertiary/aromatic N) is 3. The van der Waals surface area contributed by atoms with Crippen LogP contribution in [0.3, 0.4) is 0 Å². The number of pyridine rings is 1. The molecule has 0 aliphatic carbocycles. The molecule has 0 aliphatic rings. The number of nitrogens with one attached hydrogen (secondary N) is 1. The zero-order chi connectivity index (χ0) is 17.8. The first-order valence-corrected chi connectivity index (χ1v) is 8.00. The zero-order valence-corrected chi connectivity index (χ0v) is 14.3. The van der Waals surface area contributed by atoms with E-state index in [1.807, 2.05) is 0 Å². The van der Waals surface area contributed by atoms with Gasteiger partial charge >= 0.3 is 0 Å². The van der Waals surface area contributed by atoms with Gasteiger partial charge in [0, 0.05) is 25.1 Å². The van der Waals surface area contributed by atoms with E-state index in [1.54, 1.807) is 24.4 Å². The Labute approximate surface area is 149 Å². The van der Waals surface area contributed by atoms with Crippen molar-refractivity contribution >= 4 is 21.6 Å². The lowest BCUT2D eigenvalue weighted by Crippen LogP contribution is -2.10. The van der Waals surface area contributed by atoms with Crippen LogP contribution in [0.1, 0.15) is 22.5 Å². The third-order valence-corrected chi connectivity index (χ3v) is 4.13. The summed E-state index contributed by atoms with van der Waals surface area (Å²) in [6.07, 6.45) is 2.11. The Balaban J connectivity index is 1.84. The maximum atomic E-state index is 13.3. The van der Waals surface area contributed by atoms with Gasteiger partial charge in [-0.3, -0.25) is 4.79 Å². The summed E-state index contributed by atoms with van der Waals surface area (Å²) in [5.41, 5.74) is 2.30. The first-order chi connectivity index (χ1) is 12.1. The third-order valence-electron chi connectivity index (χ3n) is 3.53. The van der Waals surface area contributed by atoms with E-state index in [2.05, 4.69) is 36.4 Å². The number of benzene rings is 1. The number of aromatic nitrogens is 3. The van der Waals surface area contributed by atoms with Crippen molar-refractivity contribution in [2.75, 3.05) is 0 Å². The molecule has 1 aromatic carbocycles. The van der Waals surface area contributed by atoms with E-state index in [0.717, 1.165) is 11.1 Å². The Morgan fingerprint density at radius 2 is 2.08 bits per heavy atom. The molecule has 2 N–H and O–H groups in total. The lowest BCUT2D eigenvalue weighted by atomic mass is 10.0. The molecule has 3 aromatic rings. The van der Waals surface area contributed by atoms with Crippen LogP contribution in [0, 0.1) is 5.82 Å². The SMILES string of the molecule is O=c1ccc(Cc2nonc2C(Cc2ccc(F)c(Br)c2)=NO)c[nH]1. The standard InChI is InChI=1S/C16H12BrFN4O3/c17-11-5-9(1-3-12(11)18)6-13(20-24)16-14(21-25-22-16)7-10-2-4-15(23)19-8-10/h1-5,8,24H,6-7H2,(H,19,23). The van der Waals surface area contributed by atoms with Crippen LogP contribution < -0.4 is 5.56 Å². The van der Waals surface area contributed by atoms with Gasteiger partial charge in [0.1, 0.15) is 17.2 Å². The molecule has 128 valence electrons. The van der Waals surface area contributed by atoms with Crippen molar-refractivity contribution in [3.8, 4) is 0 Å². The van der Waals surface area contributed by atoms with Gasteiger partial charge in [0.2, 0.25) is 5.56 Å². The van der Waals surface area contributed by atoms with Crippen LogP contribution in [0.4, 0.5) is 4.39 Å². The average Bonchev–Trinajstić information content (AvgIpc) is 3.06. The first kappa shape index (κ1) is 17.0. The normalized spacial score (nSPS) is 11.7. The van der Waals surface area contributed by atoms with Crippen molar-refractivity contribution in [3.05, 3.63) is 79.7 Å². The lowest BCUT2D eigenvalue weighted by Gasteiger charge is -2.05. The van der Waals surface area contributed by atoms with Crippen LogP contribution in [-0.2, 0) is 12.8 Å². The number of hydrogen-bond donors (Lipinski definition) is 2. The van der Waals surface area contributed by atoms with Gasteiger partial charge in [0.05, 0.1) is 4.47 Å². The minimum Gasteiger partial charge on any atom is -0.411 e. The summed E-state index contributed by atoms with van der Waals surface area (Å²) in [4.78, 5) is 13.7. The Bertz CT molecular complexity index is 963. The van der Waals surface area contributed by atoms with Crippen LogP contribution in [0.2, 0.25) is 0 Å². The molecule has 0 atom stereocenters. The lowest BCUT2D eigenvalue weighted by molar-refractivity contribution is 0.301. The molecule has 0 bridgehead atoms. The van der Waals surface area contributed by atoms with Crippen LogP contribution >= 0.6 is 15.9 Å². The van der Waals surface area contributed by atoms with Gasteiger partial charge in [0.25, 0.3) is 0 Å². The molecule has 2 heterocycles. The van der Waals surface area contributed by atoms with E-state index in [1.165, 1.54) is 12.1 Å². The van der Waals surface area contributed by atoms with Crippen molar-refractivity contribution in [1.29, 1.82) is 0 Å². The molecule has 25 heavy (non-hydrogen) atoms. The fourth-order valence-electron chi connectivity index (χ4n) is 2.30. The maximum absolute atomic E-state index is 13.3. The Morgan fingerprint density at radius 1 is 1.28 bits per heavy atom. The number of aromatic amines is 1. The van der Waals surface area contributed by atoms with Crippen LogP contribution in [-0.4, -0.2) is 26.2 Å². The average molecular weight is 407 g/mol. The molecule has 2 aromatic heterocycles. The molecule has 3 rings (SSSR count). The molecule has 7 nitrogen and oxygen atoms in total. The smallest absolute Gasteiger partial charge is 0.247 e. The van der Waals surface area contributed by atoms with Gasteiger partial charge in [-0.15, -0.1) is 0 Å². The van der Waals surface area contributed by atoms with Gasteiger partial charge in [0.15, 0.2) is 5.69 Å². The topological polar surface area (TPSA) is 104 Å². The van der Waals surface area contributed by atoms with Crippen LogP contribution in [0.15, 0.2) is 55.6 Å². The molecule has 0 fully saturated rings. The van der Waals surface area contributed by atoms with Gasteiger partial charge in [-0.1, -0.05) is 22.4 Å². The number of oxime groups is 1.